The van der Waals surface area contributed by atoms with E-state index in [4.69, 9.17) is 23.2 Å². The van der Waals surface area contributed by atoms with Crippen LogP contribution in [0.15, 0.2) is 42.6 Å². The van der Waals surface area contributed by atoms with Crippen molar-refractivity contribution in [1.82, 2.24) is 30.6 Å². The maximum Gasteiger partial charge on any atom is 0.271 e. The van der Waals surface area contributed by atoms with E-state index in [2.05, 4.69) is 31.0 Å². The Morgan fingerprint density at radius 3 is 2.21 bits per heavy atom. The highest BCUT2D eigenvalue weighted by Gasteiger charge is 2.45. The van der Waals surface area contributed by atoms with E-state index >= 15 is 0 Å². The summed E-state index contributed by atoms with van der Waals surface area (Å²) in [5.74, 6) is -3.33. The Labute approximate surface area is 307 Å². The summed E-state index contributed by atoms with van der Waals surface area (Å²) in [6.45, 7) is 2.11. The van der Waals surface area contributed by atoms with Gasteiger partial charge >= 0.3 is 0 Å². The van der Waals surface area contributed by atoms with Gasteiger partial charge in [-0.3, -0.25) is 48.9 Å². The Bertz CT molecular complexity index is 1980. The van der Waals surface area contributed by atoms with Gasteiger partial charge in [-0.25, -0.2) is 0 Å². The molecule has 1 unspecified atom stereocenters. The van der Waals surface area contributed by atoms with Gasteiger partial charge in [0.1, 0.15) is 11.7 Å². The molecule has 2 aromatic carbocycles. The van der Waals surface area contributed by atoms with Crippen LogP contribution >= 0.6 is 23.2 Å². The number of likely N-dealkylation sites (tertiary alicyclic amines) is 1. The molecule has 7 amide bonds. The van der Waals surface area contributed by atoms with Gasteiger partial charge in [0.2, 0.25) is 17.7 Å². The van der Waals surface area contributed by atoms with Crippen molar-refractivity contribution in [2.75, 3.05) is 36.4 Å². The van der Waals surface area contributed by atoms with Crippen molar-refractivity contribution in [2.24, 2.45) is 5.92 Å². The SMILES string of the molecule is O=C1CCC(N2C(=O)c3ccc(N4CCC(C(=O)N5CCC(NC(=O)c6[nH]ncc6NC(=O)c6c(Cl)cccc6Cl)CC5)CC4)cc3C2=O)C(=O)N1. The van der Waals surface area contributed by atoms with E-state index in [1.54, 1.807) is 24.3 Å². The number of hydrogen-bond acceptors (Lipinski definition) is 9. The van der Waals surface area contributed by atoms with E-state index in [0.717, 1.165) is 10.6 Å². The van der Waals surface area contributed by atoms with Crippen LogP contribution in [0.25, 0.3) is 0 Å². The van der Waals surface area contributed by atoms with Gasteiger partial charge in [0, 0.05) is 50.2 Å². The van der Waals surface area contributed by atoms with Crippen molar-refractivity contribution in [3.8, 4) is 0 Å². The van der Waals surface area contributed by atoms with Crippen molar-refractivity contribution in [1.29, 1.82) is 0 Å². The molecule has 0 spiro atoms. The van der Waals surface area contributed by atoms with Gasteiger partial charge in [0.05, 0.1) is 38.6 Å². The standard InChI is InChI=1S/C35H34Cl2N8O7/c36-23-2-1-3-24(37)28(23)31(48)40-25-17-38-42-29(25)32(49)39-19-10-14-44(15-11-19)33(50)18-8-12-43(13-9-18)20-4-5-21-22(16-20)35(52)45(34(21)51)26-6-7-27(46)41-30(26)47/h1-5,16-19,26H,6-15H2,(H,38,42)(H,39,49)(H,40,48)(H,41,46,47). The molecule has 15 nitrogen and oxygen atoms in total. The Morgan fingerprint density at radius 1 is 0.827 bits per heavy atom. The Kier molecular flexibility index (Phi) is 9.72. The molecule has 3 aromatic rings. The lowest BCUT2D eigenvalue weighted by Crippen LogP contribution is -2.54. The molecule has 270 valence electrons. The second-order valence-corrected chi connectivity index (χ2v) is 14.0. The van der Waals surface area contributed by atoms with Gasteiger partial charge in [0.15, 0.2) is 0 Å². The number of halogens is 2. The Morgan fingerprint density at radius 2 is 1.52 bits per heavy atom. The van der Waals surface area contributed by atoms with E-state index in [1.165, 1.54) is 18.3 Å². The second kappa shape index (κ2) is 14.4. The summed E-state index contributed by atoms with van der Waals surface area (Å²) < 4.78 is 0. The highest BCUT2D eigenvalue weighted by molar-refractivity contribution is 6.40. The predicted molar refractivity (Wildman–Crippen MR) is 188 cm³/mol. The van der Waals surface area contributed by atoms with Gasteiger partial charge in [0.25, 0.3) is 23.6 Å². The summed E-state index contributed by atoms with van der Waals surface area (Å²) >= 11 is 12.3. The molecular weight excluding hydrogens is 715 g/mol. The van der Waals surface area contributed by atoms with Crippen LogP contribution in [0, 0.1) is 5.92 Å². The first kappa shape index (κ1) is 35.1. The number of carbonyl (C=O) groups is 7. The molecule has 17 heteroatoms. The summed E-state index contributed by atoms with van der Waals surface area (Å²) in [6.07, 6.45) is 3.79. The molecular formula is C35H34Cl2N8O7. The monoisotopic (exact) mass is 748 g/mol. The fourth-order valence-electron chi connectivity index (χ4n) is 7.25. The highest BCUT2D eigenvalue weighted by atomic mass is 35.5. The van der Waals surface area contributed by atoms with E-state index < -0.39 is 41.5 Å². The quantitative estimate of drug-likeness (QED) is 0.263. The van der Waals surface area contributed by atoms with Crippen LogP contribution in [0.5, 0.6) is 0 Å². The average Bonchev–Trinajstić information content (AvgIpc) is 3.69. The lowest BCUT2D eigenvalue weighted by molar-refractivity contribution is -0.138. The number of fused-ring (bicyclic) bond motifs is 1. The molecule has 4 aliphatic heterocycles. The molecule has 3 fully saturated rings. The van der Waals surface area contributed by atoms with Gasteiger partial charge < -0.3 is 20.4 Å². The molecule has 4 aliphatic rings. The zero-order valence-electron chi connectivity index (χ0n) is 27.7. The minimum Gasteiger partial charge on any atom is -0.371 e. The zero-order chi connectivity index (χ0) is 36.7. The predicted octanol–water partition coefficient (Wildman–Crippen LogP) is 3.01. The second-order valence-electron chi connectivity index (χ2n) is 13.2. The van der Waals surface area contributed by atoms with Crippen molar-refractivity contribution < 1.29 is 33.6 Å². The third kappa shape index (κ3) is 6.73. The summed E-state index contributed by atoms with van der Waals surface area (Å²) in [6, 6.07) is 8.51. The number of nitrogens with zero attached hydrogens (tertiary/aromatic N) is 4. The number of rotatable bonds is 7. The molecule has 7 rings (SSSR count). The van der Waals surface area contributed by atoms with Crippen LogP contribution in [-0.2, 0) is 14.4 Å². The molecule has 0 bridgehead atoms. The number of hydrogen-bond donors (Lipinski definition) is 4. The van der Waals surface area contributed by atoms with Crippen LogP contribution in [-0.4, -0.2) is 99.6 Å². The van der Waals surface area contributed by atoms with Crippen LogP contribution in [0.1, 0.15) is 80.1 Å². The molecule has 1 aromatic heterocycles. The summed E-state index contributed by atoms with van der Waals surface area (Å²) in [5.41, 5.74) is 1.52. The number of carbonyl (C=O) groups excluding carboxylic acids is 7. The summed E-state index contributed by atoms with van der Waals surface area (Å²) in [4.78, 5) is 94.6. The lowest BCUT2D eigenvalue weighted by Gasteiger charge is -2.38. The van der Waals surface area contributed by atoms with Crippen molar-refractivity contribution in [3.05, 3.63) is 75.0 Å². The van der Waals surface area contributed by atoms with Gasteiger partial charge in [-0.2, -0.15) is 5.10 Å². The first-order valence-corrected chi connectivity index (χ1v) is 17.7. The number of amides is 7. The minimum absolute atomic E-state index is 0.0508. The molecule has 52 heavy (non-hydrogen) atoms. The number of imide groups is 2. The zero-order valence-corrected chi connectivity index (χ0v) is 29.3. The molecule has 3 saturated heterocycles. The maximum atomic E-state index is 13.5. The van der Waals surface area contributed by atoms with Crippen molar-refractivity contribution in [3.63, 3.8) is 0 Å². The number of anilines is 2. The van der Waals surface area contributed by atoms with Crippen LogP contribution < -0.4 is 20.9 Å². The van der Waals surface area contributed by atoms with E-state index in [1.807, 2.05) is 4.90 Å². The van der Waals surface area contributed by atoms with Crippen molar-refractivity contribution in [2.45, 2.75) is 50.6 Å². The Balaban J connectivity index is 0.892. The topological polar surface area (TPSA) is 194 Å². The number of benzene rings is 2. The number of piperidine rings is 3. The van der Waals surface area contributed by atoms with Crippen LogP contribution in [0.2, 0.25) is 10.0 Å². The van der Waals surface area contributed by atoms with Crippen LogP contribution in [0.3, 0.4) is 0 Å². The maximum absolute atomic E-state index is 13.5. The largest absolute Gasteiger partial charge is 0.371 e. The smallest absolute Gasteiger partial charge is 0.271 e. The number of aromatic nitrogens is 2. The molecule has 0 aliphatic carbocycles. The number of nitrogens with one attached hydrogen (secondary N) is 4. The Hall–Kier alpha value is -5.28. The summed E-state index contributed by atoms with van der Waals surface area (Å²) in [7, 11) is 0. The lowest BCUT2D eigenvalue weighted by atomic mass is 9.93. The van der Waals surface area contributed by atoms with Crippen LogP contribution in [0.4, 0.5) is 11.4 Å². The first-order valence-electron chi connectivity index (χ1n) is 17.0. The third-order valence-corrected chi connectivity index (χ3v) is 10.7. The van der Waals surface area contributed by atoms with Gasteiger partial charge in [-0.05, 0) is 62.4 Å². The van der Waals surface area contributed by atoms with E-state index in [-0.39, 0.29) is 68.8 Å². The van der Waals surface area contributed by atoms with Gasteiger partial charge in [-0.15, -0.1) is 0 Å². The molecule has 0 radical (unpaired) electrons. The first-order chi connectivity index (χ1) is 25.0. The fraction of sp³-hybridized carbons (Fsp3) is 0.371. The summed E-state index contributed by atoms with van der Waals surface area (Å²) in [5, 5.41) is 14.7. The van der Waals surface area contributed by atoms with E-state index in [9.17, 15) is 33.6 Å². The number of H-pyrrole nitrogens is 1. The molecule has 4 N–H and O–H groups in total. The molecule has 1 atom stereocenters. The van der Waals surface area contributed by atoms with E-state index in [0.29, 0.717) is 51.9 Å². The normalized spacial score (nSPS) is 19.8. The minimum atomic E-state index is -1.03. The average molecular weight is 750 g/mol. The molecule has 5 heterocycles. The number of aromatic amines is 1. The fourth-order valence-corrected chi connectivity index (χ4v) is 7.82. The molecule has 0 saturated carbocycles. The third-order valence-electron chi connectivity index (χ3n) is 10.1. The van der Waals surface area contributed by atoms with Gasteiger partial charge in [-0.1, -0.05) is 29.3 Å². The van der Waals surface area contributed by atoms with Crippen molar-refractivity contribution >= 4 is 75.9 Å². The highest BCUT2D eigenvalue weighted by Crippen LogP contribution is 2.33.